The maximum atomic E-state index is 11.1. The van der Waals surface area contributed by atoms with E-state index in [9.17, 15) is 14.8 Å². The molecule has 0 spiro atoms. The molecular weight excluding hydrogens is 409 g/mol. The van der Waals surface area contributed by atoms with Crippen molar-refractivity contribution in [3.05, 3.63) is 95.1 Å². The second-order valence-electron chi connectivity index (χ2n) is 9.42. The van der Waals surface area contributed by atoms with Gasteiger partial charge < -0.3 is 19.7 Å². The molecule has 1 aliphatic heterocycles. The molecule has 3 aromatic rings. The lowest BCUT2D eigenvalue weighted by atomic mass is 9.67. The number of nitrogens with zero attached hydrogens (tertiary/aromatic N) is 1. The zero-order valence-corrected chi connectivity index (χ0v) is 18.8. The van der Waals surface area contributed by atoms with Crippen molar-refractivity contribution in [2.75, 3.05) is 18.0 Å². The molecule has 3 aromatic carbocycles. The summed E-state index contributed by atoms with van der Waals surface area (Å²) in [4.78, 5) is 13.5. The van der Waals surface area contributed by atoms with E-state index in [0.717, 1.165) is 45.1 Å². The van der Waals surface area contributed by atoms with Crippen LogP contribution in [-0.4, -0.2) is 36.5 Å². The van der Waals surface area contributed by atoms with E-state index in [4.69, 9.17) is 0 Å². The van der Waals surface area contributed by atoms with Crippen molar-refractivity contribution in [2.24, 2.45) is 5.92 Å². The lowest BCUT2D eigenvalue weighted by molar-refractivity contribution is -0.111. The standard InChI is InChI=1S/C28H30BNO3/c31-19-20-14-16-30(17-15-20)25-10-6-22(7-11-25)28-26(21-4-2-1-3-5-21)12-8-23-18-24(29(32)33)9-13-27(23)28/h1-7,9-11,13,18-20,26,28,32-33H,8,12,14-17H2/t26-,28+/m1/s1. The first-order chi connectivity index (χ1) is 16.1. The molecular formula is C28H30BNO3. The summed E-state index contributed by atoms with van der Waals surface area (Å²) in [5, 5.41) is 19.3. The molecule has 0 amide bonds. The molecule has 0 unspecified atom stereocenters. The summed E-state index contributed by atoms with van der Waals surface area (Å²) in [5.41, 5.74) is 6.89. The summed E-state index contributed by atoms with van der Waals surface area (Å²) in [5.74, 6) is 0.793. The SMILES string of the molecule is O=CC1CCN(c2ccc([C@@H]3c4ccc(B(O)O)cc4CC[C@@H]3c3ccccc3)cc2)CC1. The van der Waals surface area contributed by atoms with Gasteiger partial charge in [0.15, 0.2) is 0 Å². The highest BCUT2D eigenvalue weighted by atomic mass is 16.4. The number of aldehydes is 1. The van der Waals surface area contributed by atoms with Crippen LogP contribution < -0.4 is 10.4 Å². The third kappa shape index (κ3) is 4.48. The number of hydrogen-bond donors (Lipinski definition) is 2. The molecule has 33 heavy (non-hydrogen) atoms. The number of aryl methyl sites for hydroxylation is 1. The van der Waals surface area contributed by atoms with Gasteiger partial charge in [-0.05, 0) is 71.5 Å². The predicted molar refractivity (Wildman–Crippen MR) is 133 cm³/mol. The Morgan fingerprint density at radius 1 is 0.848 bits per heavy atom. The molecule has 0 radical (unpaired) electrons. The number of fused-ring (bicyclic) bond motifs is 1. The normalized spacial score (nSPS) is 20.8. The summed E-state index contributed by atoms with van der Waals surface area (Å²) < 4.78 is 0. The Balaban J connectivity index is 1.48. The quantitative estimate of drug-likeness (QED) is 0.471. The molecule has 1 aliphatic carbocycles. The van der Waals surface area contributed by atoms with Gasteiger partial charge in [-0.15, -0.1) is 0 Å². The molecule has 5 rings (SSSR count). The number of piperidine rings is 1. The Bertz CT molecular complexity index is 1090. The lowest BCUT2D eigenvalue weighted by Gasteiger charge is -2.36. The van der Waals surface area contributed by atoms with E-state index >= 15 is 0 Å². The van der Waals surface area contributed by atoms with Crippen molar-refractivity contribution < 1.29 is 14.8 Å². The highest BCUT2D eigenvalue weighted by Crippen LogP contribution is 2.46. The van der Waals surface area contributed by atoms with E-state index in [1.807, 2.05) is 12.1 Å². The largest absolute Gasteiger partial charge is 0.488 e. The number of rotatable bonds is 5. The van der Waals surface area contributed by atoms with Gasteiger partial charge in [-0.25, -0.2) is 0 Å². The van der Waals surface area contributed by atoms with Crippen molar-refractivity contribution in [1.29, 1.82) is 0 Å². The van der Waals surface area contributed by atoms with E-state index < -0.39 is 7.12 Å². The Morgan fingerprint density at radius 2 is 1.58 bits per heavy atom. The van der Waals surface area contributed by atoms with Gasteiger partial charge in [-0.3, -0.25) is 0 Å². The monoisotopic (exact) mass is 439 g/mol. The van der Waals surface area contributed by atoms with Crippen LogP contribution >= 0.6 is 0 Å². The Morgan fingerprint density at radius 3 is 2.24 bits per heavy atom. The second kappa shape index (κ2) is 9.54. The van der Waals surface area contributed by atoms with Gasteiger partial charge in [0, 0.05) is 30.6 Å². The average Bonchev–Trinajstić information content (AvgIpc) is 2.88. The van der Waals surface area contributed by atoms with E-state index in [-0.39, 0.29) is 11.8 Å². The molecule has 4 nitrogen and oxygen atoms in total. The van der Waals surface area contributed by atoms with Crippen molar-refractivity contribution >= 4 is 24.6 Å². The van der Waals surface area contributed by atoms with Crippen LogP contribution in [0.2, 0.25) is 0 Å². The highest BCUT2D eigenvalue weighted by molar-refractivity contribution is 6.58. The smallest absolute Gasteiger partial charge is 0.423 e. The van der Waals surface area contributed by atoms with Gasteiger partial charge >= 0.3 is 7.12 Å². The first-order valence-corrected chi connectivity index (χ1v) is 12.0. The second-order valence-corrected chi connectivity index (χ2v) is 9.42. The van der Waals surface area contributed by atoms with E-state index in [1.54, 1.807) is 0 Å². The minimum Gasteiger partial charge on any atom is -0.423 e. The van der Waals surface area contributed by atoms with Crippen molar-refractivity contribution in [2.45, 2.75) is 37.5 Å². The molecule has 1 heterocycles. The fourth-order valence-corrected chi connectivity index (χ4v) is 5.66. The van der Waals surface area contributed by atoms with Crippen LogP contribution in [-0.2, 0) is 11.2 Å². The van der Waals surface area contributed by atoms with E-state index in [2.05, 4.69) is 65.6 Å². The molecule has 0 aromatic heterocycles. The van der Waals surface area contributed by atoms with Gasteiger partial charge in [-0.2, -0.15) is 0 Å². The van der Waals surface area contributed by atoms with Crippen molar-refractivity contribution in [3.63, 3.8) is 0 Å². The molecule has 2 atom stereocenters. The number of carbonyl (C=O) groups excluding carboxylic acids is 1. The van der Waals surface area contributed by atoms with Crippen LogP contribution in [0.5, 0.6) is 0 Å². The Kier molecular flexibility index (Phi) is 6.34. The Hall–Kier alpha value is -2.89. The summed E-state index contributed by atoms with van der Waals surface area (Å²) in [6, 6.07) is 25.6. The van der Waals surface area contributed by atoms with Crippen molar-refractivity contribution in [3.8, 4) is 0 Å². The van der Waals surface area contributed by atoms with E-state index in [0.29, 0.717) is 11.4 Å². The summed E-state index contributed by atoms with van der Waals surface area (Å²) >= 11 is 0. The zero-order chi connectivity index (χ0) is 22.8. The van der Waals surface area contributed by atoms with Gasteiger partial charge in [0.1, 0.15) is 6.29 Å². The number of benzene rings is 3. The maximum absolute atomic E-state index is 11.1. The molecule has 5 heteroatoms. The molecule has 2 N–H and O–H groups in total. The summed E-state index contributed by atoms with van der Waals surface area (Å²) in [6.45, 7) is 1.85. The predicted octanol–water partition coefficient (Wildman–Crippen LogP) is 3.64. The summed E-state index contributed by atoms with van der Waals surface area (Å²) in [6.07, 6.45) is 4.90. The van der Waals surface area contributed by atoms with Gasteiger partial charge in [0.25, 0.3) is 0 Å². The fraction of sp³-hybridized carbons (Fsp3) is 0.321. The van der Waals surface area contributed by atoms with Crippen molar-refractivity contribution in [1.82, 2.24) is 0 Å². The van der Waals surface area contributed by atoms with E-state index in [1.165, 1.54) is 27.9 Å². The number of hydrogen-bond acceptors (Lipinski definition) is 4. The van der Waals surface area contributed by atoms with Crippen LogP contribution in [0.15, 0.2) is 72.8 Å². The first kappa shape index (κ1) is 21.9. The number of anilines is 1. The number of carbonyl (C=O) groups is 1. The zero-order valence-electron chi connectivity index (χ0n) is 18.8. The topological polar surface area (TPSA) is 60.8 Å². The minimum absolute atomic E-state index is 0.202. The highest BCUT2D eigenvalue weighted by Gasteiger charge is 2.32. The fourth-order valence-electron chi connectivity index (χ4n) is 5.66. The van der Waals surface area contributed by atoms with Gasteiger partial charge in [0.05, 0.1) is 0 Å². The van der Waals surface area contributed by atoms with Gasteiger partial charge in [-0.1, -0.05) is 60.7 Å². The third-order valence-corrected chi connectivity index (χ3v) is 7.50. The van der Waals surface area contributed by atoms with Crippen LogP contribution in [0.1, 0.15) is 53.4 Å². The van der Waals surface area contributed by atoms with Crippen LogP contribution in [0.3, 0.4) is 0 Å². The molecule has 168 valence electrons. The summed E-state index contributed by atoms with van der Waals surface area (Å²) in [7, 11) is -1.44. The first-order valence-electron chi connectivity index (χ1n) is 12.0. The van der Waals surface area contributed by atoms with Crippen LogP contribution in [0.4, 0.5) is 5.69 Å². The molecule has 2 aliphatic rings. The minimum atomic E-state index is -1.44. The molecule has 0 bridgehead atoms. The average molecular weight is 439 g/mol. The molecule has 1 saturated heterocycles. The maximum Gasteiger partial charge on any atom is 0.488 e. The third-order valence-electron chi connectivity index (χ3n) is 7.50. The lowest BCUT2D eigenvalue weighted by Crippen LogP contribution is -2.34. The van der Waals surface area contributed by atoms with Gasteiger partial charge in [0.2, 0.25) is 0 Å². The Labute approximate surface area is 196 Å². The molecule has 0 saturated carbocycles. The van der Waals surface area contributed by atoms with Crippen LogP contribution in [0.25, 0.3) is 0 Å². The molecule has 1 fully saturated rings. The van der Waals surface area contributed by atoms with Crippen LogP contribution in [0, 0.1) is 5.92 Å².